The van der Waals surface area contributed by atoms with Gasteiger partial charge in [-0.1, -0.05) is 5.21 Å². The quantitative estimate of drug-likeness (QED) is 0.687. The average Bonchev–Trinajstić information content (AvgIpc) is 2.85. The Balaban J connectivity index is 2.59. The van der Waals surface area contributed by atoms with Gasteiger partial charge in [0.05, 0.1) is 6.26 Å². The van der Waals surface area contributed by atoms with Crippen LogP contribution in [0.5, 0.6) is 0 Å². The third kappa shape index (κ3) is 1.22. The van der Waals surface area contributed by atoms with E-state index < -0.39 is 0 Å². The van der Waals surface area contributed by atoms with E-state index in [1.807, 2.05) is 6.92 Å². The van der Waals surface area contributed by atoms with Gasteiger partial charge in [-0.2, -0.15) is 0 Å². The number of furan rings is 1. The smallest absolute Gasteiger partial charge is 0.172 e. The summed E-state index contributed by atoms with van der Waals surface area (Å²) in [5.74, 6) is 0.610. The van der Waals surface area contributed by atoms with Crippen LogP contribution in [0.1, 0.15) is 17.4 Å². The molecule has 2 aromatic rings. The monoisotopic (exact) mass is 191 g/mol. The predicted molar refractivity (Wildman–Crippen MR) is 48.8 cm³/mol. The standard InChI is InChI=1S/C9H9N3O2/c1-2-12-9(7(6-13)10-11-12)8-4-3-5-14-8/h3-6H,2H2,1H3. The van der Waals surface area contributed by atoms with E-state index in [9.17, 15) is 4.79 Å². The number of carbonyl (C=O) groups is 1. The zero-order valence-corrected chi connectivity index (χ0v) is 7.67. The average molecular weight is 191 g/mol. The minimum absolute atomic E-state index is 0.307. The molecule has 0 radical (unpaired) electrons. The molecule has 0 bridgehead atoms. The highest BCUT2D eigenvalue weighted by Gasteiger charge is 2.15. The van der Waals surface area contributed by atoms with Crippen molar-refractivity contribution >= 4 is 6.29 Å². The molecule has 0 spiro atoms. The van der Waals surface area contributed by atoms with E-state index in [2.05, 4.69) is 10.3 Å². The van der Waals surface area contributed by atoms with E-state index >= 15 is 0 Å². The molecule has 5 heteroatoms. The largest absolute Gasteiger partial charge is 0.463 e. The third-order valence-electron chi connectivity index (χ3n) is 1.93. The van der Waals surface area contributed by atoms with Crippen molar-refractivity contribution in [3.63, 3.8) is 0 Å². The van der Waals surface area contributed by atoms with Gasteiger partial charge in [0.25, 0.3) is 0 Å². The molecule has 0 aliphatic heterocycles. The minimum Gasteiger partial charge on any atom is -0.463 e. The molecule has 0 unspecified atom stereocenters. The second-order valence-electron chi connectivity index (χ2n) is 2.73. The molecule has 72 valence electrons. The third-order valence-corrected chi connectivity index (χ3v) is 1.93. The highest BCUT2D eigenvalue weighted by molar-refractivity contribution is 5.81. The van der Waals surface area contributed by atoms with Crippen LogP contribution < -0.4 is 0 Å². The van der Waals surface area contributed by atoms with E-state index in [0.717, 1.165) is 0 Å². The molecule has 5 nitrogen and oxygen atoms in total. The molecule has 0 aliphatic rings. The molecule has 0 saturated carbocycles. The summed E-state index contributed by atoms with van der Waals surface area (Å²) < 4.78 is 6.83. The normalized spacial score (nSPS) is 10.4. The second kappa shape index (κ2) is 3.45. The number of carbonyl (C=O) groups excluding carboxylic acids is 1. The topological polar surface area (TPSA) is 60.9 Å². The highest BCUT2D eigenvalue weighted by Crippen LogP contribution is 2.21. The summed E-state index contributed by atoms with van der Waals surface area (Å²) in [6.07, 6.45) is 2.23. The first-order valence-corrected chi connectivity index (χ1v) is 4.29. The van der Waals surface area contributed by atoms with Crippen molar-refractivity contribution in [1.29, 1.82) is 0 Å². The van der Waals surface area contributed by atoms with Crippen LogP contribution in [0.25, 0.3) is 11.5 Å². The lowest BCUT2D eigenvalue weighted by atomic mass is 10.2. The van der Waals surface area contributed by atoms with Crippen LogP contribution in [-0.4, -0.2) is 21.3 Å². The van der Waals surface area contributed by atoms with Crippen molar-refractivity contribution in [2.45, 2.75) is 13.5 Å². The fourth-order valence-electron chi connectivity index (χ4n) is 1.29. The molecule has 0 saturated heterocycles. The van der Waals surface area contributed by atoms with E-state index in [1.165, 1.54) is 0 Å². The van der Waals surface area contributed by atoms with Gasteiger partial charge in [0.1, 0.15) is 5.69 Å². The first-order valence-electron chi connectivity index (χ1n) is 4.29. The molecule has 0 amide bonds. The van der Waals surface area contributed by atoms with Crippen molar-refractivity contribution in [2.24, 2.45) is 0 Å². The maximum absolute atomic E-state index is 10.7. The summed E-state index contributed by atoms with van der Waals surface area (Å²) in [6.45, 7) is 2.58. The lowest BCUT2D eigenvalue weighted by molar-refractivity contribution is 0.111. The highest BCUT2D eigenvalue weighted by atomic mass is 16.3. The molecule has 2 heterocycles. The first-order chi connectivity index (χ1) is 6.86. The van der Waals surface area contributed by atoms with Gasteiger partial charge in [-0.25, -0.2) is 4.68 Å². The molecule has 0 fully saturated rings. The van der Waals surface area contributed by atoms with Gasteiger partial charge >= 0.3 is 0 Å². The molecule has 2 rings (SSSR count). The lowest BCUT2D eigenvalue weighted by Crippen LogP contribution is -1.99. The van der Waals surface area contributed by atoms with Gasteiger partial charge in [0.15, 0.2) is 17.7 Å². The summed E-state index contributed by atoms with van der Waals surface area (Å²) in [6, 6.07) is 3.54. The molecule has 0 N–H and O–H groups in total. The van der Waals surface area contributed by atoms with Crippen LogP contribution in [-0.2, 0) is 6.54 Å². The Hall–Kier alpha value is -1.91. The summed E-state index contributed by atoms with van der Waals surface area (Å²) >= 11 is 0. The van der Waals surface area contributed by atoms with Crippen molar-refractivity contribution in [3.8, 4) is 11.5 Å². The summed E-state index contributed by atoms with van der Waals surface area (Å²) in [7, 11) is 0. The Morgan fingerprint density at radius 3 is 3.07 bits per heavy atom. The predicted octanol–water partition coefficient (Wildman–Crippen LogP) is 1.37. The Bertz CT molecular complexity index is 431. The number of aryl methyl sites for hydroxylation is 1. The minimum atomic E-state index is 0.307. The Labute approximate surface area is 80.3 Å². The number of hydrogen-bond acceptors (Lipinski definition) is 4. The van der Waals surface area contributed by atoms with Crippen molar-refractivity contribution in [3.05, 3.63) is 24.1 Å². The van der Waals surface area contributed by atoms with Gasteiger partial charge in [-0.05, 0) is 19.1 Å². The second-order valence-corrected chi connectivity index (χ2v) is 2.73. The van der Waals surface area contributed by atoms with Crippen LogP contribution in [0, 0.1) is 0 Å². The van der Waals surface area contributed by atoms with Gasteiger partial charge in [0, 0.05) is 6.54 Å². The van der Waals surface area contributed by atoms with Crippen LogP contribution in [0.15, 0.2) is 22.8 Å². The molecular weight excluding hydrogens is 182 g/mol. The lowest BCUT2D eigenvalue weighted by Gasteiger charge is -1.99. The molecular formula is C9H9N3O2. The van der Waals surface area contributed by atoms with E-state index in [-0.39, 0.29) is 0 Å². The summed E-state index contributed by atoms with van der Waals surface area (Å²) in [5, 5.41) is 7.58. The van der Waals surface area contributed by atoms with Crippen molar-refractivity contribution in [1.82, 2.24) is 15.0 Å². The van der Waals surface area contributed by atoms with Crippen LogP contribution in [0.3, 0.4) is 0 Å². The van der Waals surface area contributed by atoms with E-state index in [4.69, 9.17) is 4.42 Å². The summed E-state index contributed by atoms with van der Waals surface area (Å²) in [5.41, 5.74) is 0.939. The number of aromatic nitrogens is 3. The van der Waals surface area contributed by atoms with Crippen LogP contribution >= 0.6 is 0 Å². The zero-order chi connectivity index (χ0) is 9.97. The van der Waals surface area contributed by atoms with E-state index in [0.29, 0.717) is 30.0 Å². The van der Waals surface area contributed by atoms with Gasteiger partial charge < -0.3 is 4.42 Å². The number of hydrogen-bond donors (Lipinski definition) is 0. The van der Waals surface area contributed by atoms with Crippen molar-refractivity contribution in [2.75, 3.05) is 0 Å². The fraction of sp³-hybridized carbons (Fsp3) is 0.222. The van der Waals surface area contributed by atoms with Gasteiger partial charge in [-0.3, -0.25) is 4.79 Å². The Morgan fingerprint density at radius 1 is 1.64 bits per heavy atom. The Kier molecular flexibility index (Phi) is 2.14. The first kappa shape index (κ1) is 8.68. The molecule has 0 aliphatic carbocycles. The SMILES string of the molecule is CCn1nnc(C=O)c1-c1ccco1. The molecule has 14 heavy (non-hydrogen) atoms. The van der Waals surface area contributed by atoms with Crippen molar-refractivity contribution < 1.29 is 9.21 Å². The maximum Gasteiger partial charge on any atom is 0.172 e. The molecule has 0 aromatic carbocycles. The molecule has 2 aromatic heterocycles. The number of nitrogens with zero attached hydrogens (tertiary/aromatic N) is 3. The zero-order valence-electron chi connectivity index (χ0n) is 7.67. The molecule has 0 atom stereocenters. The maximum atomic E-state index is 10.7. The Morgan fingerprint density at radius 2 is 2.50 bits per heavy atom. The number of rotatable bonds is 3. The van der Waals surface area contributed by atoms with E-state index in [1.54, 1.807) is 23.1 Å². The van der Waals surface area contributed by atoms with Gasteiger partial charge in [-0.15, -0.1) is 5.10 Å². The van der Waals surface area contributed by atoms with Crippen LogP contribution in [0.2, 0.25) is 0 Å². The number of aldehydes is 1. The summed E-state index contributed by atoms with van der Waals surface area (Å²) in [4.78, 5) is 10.7. The van der Waals surface area contributed by atoms with Crippen LogP contribution in [0.4, 0.5) is 0 Å². The van der Waals surface area contributed by atoms with Gasteiger partial charge in [0.2, 0.25) is 0 Å². The fourth-order valence-corrected chi connectivity index (χ4v) is 1.29.